The van der Waals surface area contributed by atoms with Gasteiger partial charge in [0.1, 0.15) is 5.82 Å². The maximum atomic E-state index is 4.49. The van der Waals surface area contributed by atoms with Crippen LogP contribution in [0.2, 0.25) is 0 Å². The Kier molecular flexibility index (Phi) is 3.81. The Hall–Kier alpha value is -0.830. The summed E-state index contributed by atoms with van der Waals surface area (Å²) >= 11 is 0. The summed E-state index contributed by atoms with van der Waals surface area (Å²) in [5, 5.41) is 0. The molecule has 0 aromatic carbocycles. The Morgan fingerprint density at radius 1 is 1.28 bits per heavy atom. The highest BCUT2D eigenvalue weighted by Crippen LogP contribution is 2.30. The van der Waals surface area contributed by atoms with Gasteiger partial charge in [0.25, 0.3) is 0 Å². The average Bonchev–Trinajstić information content (AvgIpc) is 2.77. The monoisotopic (exact) mass is 249 g/mol. The van der Waals surface area contributed by atoms with Crippen molar-refractivity contribution in [3.63, 3.8) is 0 Å². The zero-order valence-electron chi connectivity index (χ0n) is 12.5. The van der Waals surface area contributed by atoms with Gasteiger partial charge in [0.15, 0.2) is 0 Å². The zero-order valence-corrected chi connectivity index (χ0v) is 12.5. The Morgan fingerprint density at radius 2 is 1.89 bits per heavy atom. The first-order chi connectivity index (χ1) is 8.38. The van der Waals surface area contributed by atoms with E-state index in [1.807, 2.05) is 6.20 Å². The third kappa shape index (κ3) is 2.94. The number of nitrogens with one attached hydrogen (secondary N) is 1. The third-order valence-electron chi connectivity index (χ3n) is 4.05. The number of hydrogen-bond acceptors (Lipinski definition) is 2. The van der Waals surface area contributed by atoms with E-state index in [1.54, 1.807) is 0 Å². The summed E-state index contributed by atoms with van der Waals surface area (Å²) in [7, 11) is 0. The topological polar surface area (TPSA) is 31.9 Å². The minimum absolute atomic E-state index is 0.308. The van der Waals surface area contributed by atoms with Gasteiger partial charge in [-0.3, -0.25) is 4.90 Å². The van der Waals surface area contributed by atoms with Gasteiger partial charge >= 0.3 is 0 Å². The standard InChI is InChI=1S/C15H27N3/c1-11(2)14-16-10-13(17-14)12-6-8-18(9-7-12)15(3,4)5/h10-12H,6-9H2,1-5H3,(H,16,17). The molecule has 1 aliphatic rings. The van der Waals surface area contributed by atoms with Crippen molar-refractivity contribution in [3.05, 3.63) is 17.7 Å². The second-order valence-corrected chi connectivity index (χ2v) is 6.81. The predicted octanol–water partition coefficient (Wildman–Crippen LogP) is 3.51. The summed E-state index contributed by atoms with van der Waals surface area (Å²) in [6.45, 7) is 13.7. The van der Waals surface area contributed by atoms with Crippen molar-refractivity contribution in [1.29, 1.82) is 0 Å². The highest BCUT2D eigenvalue weighted by molar-refractivity contribution is 5.10. The van der Waals surface area contributed by atoms with E-state index in [9.17, 15) is 0 Å². The Labute approximate surface area is 111 Å². The fourth-order valence-corrected chi connectivity index (χ4v) is 2.71. The van der Waals surface area contributed by atoms with Crippen LogP contribution in [0.4, 0.5) is 0 Å². The summed E-state index contributed by atoms with van der Waals surface area (Å²) in [4.78, 5) is 10.6. The Balaban J connectivity index is 1.97. The van der Waals surface area contributed by atoms with E-state index in [0.717, 1.165) is 5.82 Å². The van der Waals surface area contributed by atoms with Gasteiger partial charge in [-0.05, 0) is 46.7 Å². The van der Waals surface area contributed by atoms with Crippen molar-refractivity contribution < 1.29 is 0 Å². The van der Waals surface area contributed by atoms with Crippen molar-refractivity contribution in [2.24, 2.45) is 0 Å². The van der Waals surface area contributed by atoms with Crippen LogP contribution in [0.15, 0.2) is 6.20 Å². The first kappa shape index (κ1) is 13.6. The molecule has 1 aromatic rings. The number of nitrogens with zero attached hydrogens (tertiary/aromatic N) is 2. The lowest BCUT2D eigenvalue weighted by molar-refractivity contribution is 0.102. The molecule has 0 bridgehead atoms. The van der Waals surface area contributed by atoms with E-state index in [-0.39, 0.29) is 0 Å². The fraction of sp³-hybridized carbons (Fsp3) is 0.800. The Morgan fingerprint density at radius 3 is 2.33 bits per heavy atom. The number of aromatic nitrogens is 2. The average molecular weight is 249 g/mol. The molecule has 0 radical (unpaired) electrons. The molecule has 2 rings (SSSR count). The molecule has 1 fully saturated rings. The van der Waals surface area contributed by atoms with Crippen LogP contribution in [0.3, 0.4) is 0 Å². The molecule has 102 valence electrons. The van der Waals surface area contributed by atoms with Gasteiger partial charge in [0, 0.05) is 29.3 Å². The predicted molar refractivity (Wildman–Crippen MR) is 76.0 cm³/mol. The van der Waals surface area contributed by atoms with Crippen LogP contribution in [0.5, 0.6) is 0 Å². The lowest BCUT2D eigenvalue weighted by Crippen LogP contribution is -2.45. The molecule has 0 amide bonds. The second kappa shape index (κ2) is 5.04. The Bertz CT molecular complexity index is 379. The minimum Gasteiger partial charge on any atom is -0.345 e. The van der Waals surface area contributed by atoms with Crippen LogP contribution in [-0.2, 0) is 0 Å². The van der Waals surface area contributed by atoms with Crippen LogP contribution in [0.25, 0.3) is 0 Å². The molecular formula is C15H27N3. The quantitative estimate of drug-likeness (QED) is 0.869. The first-order valence-corrected chi connectivity index (χ1v) is 7.18. The van der Waals surface area contributed by atoms with E-state index < -0.39 is 0 Å². The molecular weight excluding hydrogens is 222 g/mol. The van der Waals surface area contributed by atoms with E-state index in [0.29, 0.717) is 17.4 Å². The number of imidazole rings is 1. The summed E-state index contributed by atoms with van der Waals surface area (Å²) in [5.41, 5.74) is 1.65. The van der Waals surface area contributed by atoms with Crippen molar-refractivity contribution >= 4 is 0 Å². The molecule has 0 unspecified atom stereocenters. The number of hydrogen-bond donors (Lipinski definition) is 1. The first-order valence-electron chi connectivity index (χ1n) is 7.18. The van der Waals surface area contributed by atoms with Crippen molar-refractivity contribution in [3.8, 4) is 0 Å². The van der Waals surface area contributed by atoms with Gasteiger partial charge in [-0.15, -0.1) is 0 Å². The van der Waals surface area contributed by atoms with Gasteiger partial charge in [-0.2, -0.15) is 0 Å². The number of piperidine rings is 1. The van der Waals surface area contributed by atoms with Gasteiger partial charge in [0.05, 0.1) is 0 Å². The van der Waals surface area contributed by atoms with Crippen LogP contribution < -0.4 is 0 Å². The number of aromatic amines is 1. The van der Waals surface area contributed by atoms with Gasteiger partial charge in [-0.25, -0.2) is 4.98 Å². The maximum absolute atomic E-state index is 4.49. The molecule has 1 aliphatic heterocycles. The van der Waals surface area contributed by atoms with Crippen molar-refractivity contribution in [2.45, 2.75) is 64.8 Å². The number of H-pyrrole nitrogens is 1. The SMILES string of the molecule is CC(C)c1ncc(C2CCN(C(C)(C)C)CC2)[nH]1. The van der Waals surface area contributed by atoms with Crippen LogP contribution in [-0.4, -0.2) is 33.5 Å². The highest BCUT2D eigenvalue weighted by atomic mass is 15.2. The zero-order chi connectivity index (χ0) is 13.3. The molecule has 1 N–H and O–H groups in total. The van der Waals surface area contributed by atoms with Crippen molar-refractivity contribution in [1.82, 2.24) is 14.9 Å². The molecule has 3 nitrogen and oxygen atoms in total. The van der Waals surface area contributed by atoms with Crippen molar-refractivity contribution in [2.75, 3.05) is 13.1 Å². The fourth-order valence-electron chi connectivity index (χ4n) is 2.71. The molecule has 18 heavy (non-hydrogen) atoms. The summed E-state index contributed by atoms with van der Waals surface area (Å²) in [6, 6.07) is 0. The van der Waals surface area contributed by atoms with Gasteiger partial charge in [0.2, 0.25) is 0 Å². The van der Waals surface area contributed by atoms with Crippen LogP contribution in [0, 0.1) is 0 Å². The van der Waals surface area contributed by atoms with Gasteiger partial charge < -0.3 is 4.98 Å². The largest absolute Gasteiger partial charge is 0.345 e. The number of likely N-dealkylation sites (tertiary alicyclic amines) is 1. The molecule has 0 spiro atoms. The van der Waals surface area contributed by atoms with Gasteiger partial charge in [-0.1, -0.05) is 13.8 Å². The molecule has 2 heterocycles. The summed E-state index contributed by atoms with van der Waals surface area (Å²) in [5.74, 6) is 2.29. The lowest BCUT2D eigenvalue weighted by atomic mass is 9.91. The summed E-state index contributed by atoms with van der Waals surface area (Å²) in [6.07, 6.45) is 4.54. The maximum Gasteiger partial charge on any atom is 0.108 e. The molecule has 0 saturated carbocycles. The second-order valence-electron chi connectivity index (χ2n) is 6.81. The lowest BCUT2D eigenvalue weighted by Gasteiger charge is -2.40. The molecule has 0 aliphatic carbocycles. The summed E-state index contributed by atoms with van der Waals surface area (Å²) < 4.78 is 0. The molecule has 1 aromatic heterocycles. The van der Waals surface area contributed by atoms with Crippen LogP contribution >= 0.6 is 0 Å². The van der Waals surface area contributed by atoms with E-state index in [1.165, 1.54) is 31.6 Å². The van der Waals surface area contributed by atoms with Crippen LogP contribution in [0.1, 0.15) is 70.8 Å². The minimum atomic E-state index is 0.308. The van der Waals surface area contributed by atoms with E-state index in [4.69, 9.17) is 0 Å². The third-order valence-corrected chi connectivity index (χ3v) is 4.05. The van der Waals surface area contributed by atoms with E-state index in [2.05, 4.69) is 49.5 Å². The molecule has 1 saturated heterocycles. The van der Waals surface area contributed by atoms with E-state index >= 15 is 0 Å². The number of rotatable bonds is 2. The normalized spacial score (nSPS) is 19.7. The highest BCUT2D eigenvalue weighted by Gasteiger charge is 2.28. The molecule has 3 heteroatoms. The smallest absolute Gasteiger partial charge is 0.108 e. The molecule has 0 atom stereocenters.